The molecule has 0 bridgehead atoms. The Kier molecular flexibility index (Phi) is 5.83. The van der Waals surface area contributed by atoms with Gasteiger partial charge in [-0.25, -0.2) is 4.39 Å². The van der Waals surface area contributed by atoms with Gasteiger partial charge in [-0.15, -0.1) is 12.6 Å². The van der Waals surface area contributed by atoms with Crippen LogP contribution in [0, 0.1) is 18.8 Å². The molecule has 5 aliphatic carbocycles. The third kappa shape index (κ3) is 3.48. The summed E-state index contributed by atoms with van der Waals surface area (Å²) in [5.41, 5.74) is 11.4. The summed E-state index contributed by atoms with van der Waals surface area (Å²) in [4.78, 5) is 1.03. The van der Waals surface area contributed by atoms with Crippen LogP contribution in [0.25, 0.3) is 22.7 Å². The van der Waals surface area contributed by atoms with E-state index in [1.807, 2.05) is 6.08 Å². The van der Waals surface area contributed by atoms with Crippen molar-refractivity contribution in [3.8, 4) is 0 Å². The minimum atomic E-state index is -0.920. The molecule has 8 rings (SSSR count). The quantitative estimate of drug-likeness (QED) is 0.307. The van der Waals surface area contributed by atoms with Gasteiger partial charge in [-0.1, -0.05) is 96.7 Å². The van der Waals surface area contributed by atoms with Crippen LogP contribution in [0.2, 0.25) is 0 Å². The highest BCUT2D eigenvalue weighted by Crippen LogP contribution is 2.62. The maximum absolute atomic E-state index is 14.2. The lowest BCUT2D eigenvalue weighted by molar-refractivity contribution is 0.401. The highest BCUT2D eigenvalue weighted by atomic mass is 32.1. The van der Waals surface area contributed by atoms with Crippen molar-refractivity contribution in [1.82, 2.24) is 4.57 Å². The number of hydrogen-bond donors (Lipinski definition) is 1. The third-order valence-electron chi connectivity index (χ3n) is 10.0. The zero-order chi connectivity index (χ0) is 27.7. The van der Waals surface area contributed by atoms with Crippen LogP contribution in [0.4, 0.5) is 4.39 Å². The number of aryl methyl sites for hydroxylation is 1. The molecule has 1 heterocycles. The number of alkyl halides is 1. The largest absolute Gasteiger partial charge is 0.312 e. The maximum Gasteiger partial charge on any atom is 0.122 e. The molecule has 0 saturated heterocycles. The summed E-state index contributed by atoms with van der Waals surface area (Å²) in [6, 6.07) is 13.7. The van der Waals surface area contributed by atoms with Gasteiger partial charge in [-0.3, -0.25) is 0 Å². The van der Waals surface area contributed by atoms with Gasteiger partial charge in [-0.2, -0.15) is 0 Å². The summed E-state index contributed by atoms with van der Waals surface area (Å²) in [5, 5.41) is 1.23. The number of hydrogen-bond acceptors (Lipinski definition) is 1. The van der Waals surface area contributed by atoms with Crippen molar-refractivity contribution in [2.45, 2.75) is 55.5 Å². The Hall–Kier alpha value is -3.56. The first-order valence-corrected chi connectivity index (χ1v) is 15.5. The van der Waals surface area contributed by atoms with Crippen molar-refractivity contribution >= 4 is 35.3 Å². The van der Waals surface area contributed by atoms with Gasteiger partial charge in [0.05, 0.1) is 10.9 Å². The van der Waals surface area contributed by atoms with Crippen LogP contribution in [0.5, 0.6) is 0 Å². The van der Waals surface area contributed by atoms with Crippen molar-refractivity contribution in [1.29, 1.82) is 0 Å². The fourth-order valence-electron chi connectivity index (χ4n) is 8.40. The summed E-state index contributed by atoms with van der Waals surface area (Å²) >= 11 is 5.50. The summed E-state index contributed by atoms with van der Waals surface area (Å²) < 4.78 is 16.6. The van der Waals surface area contributed by atoms with E-state index in [0.29, 0.717) is 12.3 Å². The van der Waals surface area contributed by atoms with E-state index in [1.165, 1.54) is 38.9 Å². The smallest absolute Gasteiger partial charge is 0.122 e. The summed E-state index contributed by atoms with van der Waals surface area (Å²) in [6.07, 6.45) is 28.1. The van der Waals surface area contributed by atoms with E-state index in [-0.39, 0.29) is 11.3 Å². The monoisotopic (exact) mass is 555 g/mol. The normalized spacial score (nSPS) is 27.8. The topological polar surface area (TPSA) is 4.93 Å². The van der Waals surface area contributed by atoms with Crippen LogP contribution in [0.1, 0.15) is 53.6 Å². The van der Waals surface area contributed by atoms with Crippen LogP contribution < -0.4 is 0 Å². The molecule has 4 atom stereocenters. The molecule has 0 N–H and O–H groups in total. The Labute approximate surface area is 247 Å². The lowest BCUT2D eigenvalue weighted by Crippen LogP contribution is -2.37. The second kappa shape index (κ2) is 9.49. The molecule has 0 aliphatic heterocycles. The zero-order valence-corrected chi connectivity index (χ0v) is 24.2. The molecular formula is C38H34FNS. The molecule has 1 aromatic heterocycles. The SMILES string of the molecule is Cc1ccccc1C1(c2ccc3c4c(n(C5=CCC(F)C=C5)c3c2S)CCC=C4)C2=C(CCC=C2)C2C=CC=CC21. The molecule has 3 heteroatoms. The highest BCUT2D eigenvalue weighted by Gasteiger charge is 2.55. The van der Waals surface area contributed by atoms with E-state index in [0.717, 1.165) is 41.8 Å². The maximum atomic E-state index is 14.2. The molecule has 1 nitrogen and oxygen atoms in total. The first-order chi connectivity index (χ1) is 20.1. The van der Waals surface area contributed by atoms with Crippen LogP contribution in [-0.2, 0) is 11.8 Å². The van der Waals surface area contributed by atoms with Gasteiger partial charge in [0.2, 0.25) is 0 Å². The Morgan fingerprint density at radius 1 is 0.902 bits per heavy atom. The zero-order valence-electron chi connectivity index (χ0n) is 23.4. The fourth-order valence-corrected chi connectivity index (χ4v) is 8.87. The number of thiol groups is 1. The lowest BCUT2D eigenvalue weighted by atomic mass is 9.61. The van der Waals surface area contributed by atoms with Gasteiger partial charge >= 0.3 is 0 Å². The van der Waals surface area contributed by atoms with Gasteiger partial charge in [0.15, 0.2) is 0 Å². The van der Waals surface area contributed by atoms with Gasteiger partial charge in [0, 0.05) is 45.5 Å². The van der Waals surface area contributed by atoms with Crippen LogP contribution >= 0.6 is 12.6 Å². The minimum Gasteiger partial charge on any atom is -0.312 e. The molecule has 0 saturated carbocycles. The Morgan fingerprint density at radius 3 is 2.59 bits per heavy atom. The third-order valence-corrected chi connectivity index (χ3v) is 10.5. The van der Waals surface area contributed by atoms with E-state index in [4.69, 9.17) is 12.6 Å². The van der Waals surface area contributed by atoms with Gasteiger partial charge in [0.1, 0.15) is 6.17 Å². The van der Waals surface area contributed by atoms with E-state index >= 15 is 0 Å². The van der Waals surface area contributed by atoms with Crippen LogP contribution in [0.3, 0.4) is 0 Å². The van der Waals surface area contributed by atoms with Crippen molar-refractivity contribution in [2.24, 2.45) is 11.8 Å². The molecule has 3 aromatic rings. The first kappa shape index (κ1) is 25.2. The Morgan fingerprint density at radius 2 is 1.73 bits per heavy atom. The van der Waals surface area contributed by atoms with E-state index in [9.17, 15) is 4.39 Å². The molecule has 5 aliphatic rings. The molecule has 41 heavy (non-hydrogen) atoms. The molecule has 0 spiro atoms. The van der Waals surface area contributed by atoms with Crippen LogP contribution in [0.15, 0.2) is 113 Å². The number of fused-ring (bicyclic) bond motifs is 5. The Bertz CT molecular complexity index is 1820. The van der Waals surface area contributed by atoms with Crippen molar-refractivity contribution in [3.05, 3.63) is 136 Å². The molecule has 0 fully saturated rings. The second-order valence-corrected chi connectivity index (χ2v) is 12.5. The van der Waals surface area contributed by atoms with Crippen LogP contribution in [-0.4, -0.2) is 10.7 Å². The molecule has 204 valence electrons. The second-order valence-electron chi connectivity index (χ2n) is 12.1. The standard InChI is InChI=1S/C38H34FNS/c1-24-10-2-6-14-31(24)38(32-15-7-3-11-27(32)28-12-4-8-16-33(28)38)34-23-22-30-29-13-5-9-17-35(29)40(36(30)37(34)41)26-20-18-25(39)19-21-26/h2-3,5-8,10-11,13-16,18,20-23,25,27,32,41H,4,9,12,17,19H2,1H3. The molecule has 4 unspecified atom stereocenters. The van der Waals surface area contributed by atoms with Crippen molar-refractivity contribution in [2.75, 3.05) is 0 Å². The molecule has 2 aromatic carbocycles. The Balaban J connectivity index is 1.49. The van der Waals surface area contributed by atoms with E-state index in [1.54, 1.807) is 11.6 Å². The number of rotatable bonds is 3. The van der Waals surface area contributed by atoms with Crippen molar-refractivity contribution < 1.29 is 4.39 Å². The summed E-state index contributed by atoms with van der Waals surface area (Å²) in [7, 11) is 0. The number of halogens is 1. The average molecular weight is 556 g/mol. The van der Waals surface area contributed by atoms with Gasteiger partial charge < -0.3 is 4.57 Å². The molecular weight excluding hydrogens is 521 g/mol. The molecule has 0 radical (unpaired) electrons. The predicted molar refractivity (Wildman–Crippen MR) is 172 cm³/mol. The number of allylic oxidation sites excluding steroid dienone is 13. The predicted octanol–water partition coefficient (Wildman–Crippen LogP) is 9.64. The summed E-state index contributed by atoms with van der Waals surface area (Å²) in [5.74, 6) is 0.639. The molecule has 0 amide bonds. The lowest BCUT2D eigenvalue weighted by Gasteiger charge is -2.41. The highest BCUT2D eigenvalue weighted by molar-refractivity contribution is 7.80. The first-order valence-electron chi connectivity index (χ1n) is 15.0. The summed E-state index contributed by atoms with van der Waals surface area (Å²) in [6.45, 7) is 2.26. The average Bonchev–Trinajstić information content (AvgIpc) is 3.50. The number of nitrogens with zero attached hydrogens (tertiary/aromatic N) is 1. The fraction of sp³-hybridized carbons (Fsp3) is 0.263. The van der Waals surface area contributed by atoms with Gasteiger partial charge in [-0.05, 0) is 67.0 Å². The van der Waals surface area contributed by atoms with E-state index in [2.05, 4.69) is 103 Å². The minimum absolute atomic E-state index is 0.267. The van der Waals surface area contributed by atoms with Gasteiger partial charge in [0.25, 0.3) is 0 Å². The number of benzene rings is 2. The number of aromatic nitrogens is 1. The van der Waals surface area contributed by atoms with Crippen molar-refractivity contribution in [3.63, 3.8) is 0 Å². The van der Waals surface area contributed by atoms with E-state index < -0.39 is 6.17 Å².